The van der Waals surface area contributed by atoms with E-state index < -0.39 is 11.4 Å². The first-order chi connectivity index (χ1) is 10.1. The minimum Gasteiger partial charge on any atom is -0.493 e. The van der Waals surface area contributed by atoms with Crippen molar-refractivity contribution < 1.29 is 18.3 Å². The fourth-order valence-electron chi connectivity index (χ4n) is 2.57. The Morgan fingerprint density at radius 3 is 2.57 bits per heavy atom. The Bertz CT molecular complexity index is 912. The van der Waals surface area contributed by atoms with Crippen LogP contribution in [0.4, 0.5) is 4.39 Å². The van der Waals surface area contributed by atoms with E-state index in [0.29, 0.717) is 10.8 Å². The van der Waals surface area contributed by atoms with E-state index in [1.807, 2.05) is 0 Å². The van der Waals surface area contributed by atoms with Crippen molar-refractivity contribution >= 4 is 21.7 Å². The Balaban J connectivity index is 2.65. The van der Waals surface area contributed by atoms with Gasteiger partial charge in [0.1, 0.15) is 5.82 Å². The maximum Gasteiger partial charge on any atom is 0.344 e. The highest BCUT2D eigenvalue weighted by molar-refractivity contribution is 6.07. The highest BCUT2D eigenvalue weighted by Crippen LogP contribution is 2.39. The number of fused-ring (bicyclic) bond motifs is 3. The summed E-state index contributed by atoms with van der Waals surface area (Å²) in [6, 6.07) is 6.47. The highest BCUT2D eigenvalue weighted by atomic mass is 19.1. The molecule has 4 nitrogen and oxygen atoms in total. The molecule has 0 aliphatic heterocycles. The Kier molecular flexibility index (Phi) is 3.05. The van der Waals surface area contributed by atoms with E-state index in [0.717, 1.165) is 5.56 Å². The molecule has 21 heavy (non-hydrogen) atoms. The van der Waals surface area contributed by atoms with Crippen LogP contribution in [0.3, 0.4) is 0 Å². The van der Waals surface area contributed by atoms with Gasteiger partial charge < -0.3 is 13.9 Å². The van der Waals surface area contributed by atoms with Crippen molar-refractivity contribution in [2.45, 2.75) is 6.92 Å². The maximum atomic E-state index is 14.4. The Morgan fingerprint density at radius 1 is 1.14 bits per heavy atom. The monoisotopic (exact) mass is 288 g/mol. The Labute approximate surface area is 119 Å². The SMILES string of the molecule is COc1cc(F)c2c(oc(=O)c3c(C)cccc32)c1OC. The minimum atomic E-state index is -0.526. The number of hydrogen-bond acceptors (Lipinski definition) is 4. The van der Waals surface area contributed by atoms with Crippen LogP contribution in [0.1, 0.15) is 5.56 Å². The summed E-state index contributed by atoms with van der Waals surface area (Å²) in [7, 11) is 2.81. The number of rotatable bonds is 2. The van der Waals surface area contributed by atoms with Crippen LogP contribution >= 0.6 is 0 Å². The molecule has 1 aromatic heterocycles. The van der Waals surface area contributed by atoms with E-state index in [1.54, 1.807) is 25.1 Å². The summed E-state index contributed by atoms with van der Waals surface area (Å²) in [6.07, 6.45) is 0. The van der Waals surface area contributed by atoms with Gasteiger partial charge in [0.25, 0.3) is 0 Å². The van der Waals surface area contributed by atoms with Gasteiger partial charge in [0.15, 0.2) is 11.3 Å². The van der Waals surface area contributed by atoms with Crippen LogP contribution in [0.25, 0.3) is 21.7 Å². The van der Waals surface area contributed by atoms with E-state index in [-0.39, 0.29) is 22.5 Å². The molecular formula is C16H13FO4. The van der Waals surface area contributed by atoms with Crippen LogP contribution in [-0.4, -0.2) is 14.2 Å². The molecule has 0 aliphatic carbocycles. The zero-order valence-electron chi connectivity index (χ0n) is 11.8. The molecule has 0 saturated heterocycles. The Morgan fingerprint density at radius 2 is 1.90 bits per heavy atom. The average molecular weight is 288 g/mol. The maximum absolute atomic E-state index is 14.4. The van der Waals surface area contributed by atoms with Gasteiger partial charge in [-0.1, -0.05) is 18.2 Å². The molecule has 2 aromatic carbocycles. The van der Waals surface area contributed by atoms with Crippen LogP contribution in [-0.2, 0) is 0 Å². The van der Waals surface area contributed by atoms with E-state index in [2.05, 4.69) is 0 Å². The third-order valence-electron chi connectivity index (χ3n) is 3.52. The lowest BCUT2D eigenvalue weighted by Crippen LogP contribution is -2.04. The molecule has 0 atom stereocenters. The molecule has 5 heteroatoms. The van der Waals surface area contributed by atoms with Crippen molar-refractivity contribution in [3.8, 4) is 11.5 Å². The lowest BCUT2D eigenvalue weighted by atomic mass is 10.0. The van der Waals surface area contributed by atoms with Crippen LogP contribution < -0.4 is 15.1 Å². The molecule has 3 aromatic rings. The number of hydrogen-bond donors (Lipinski definition) is 0. The fraction of sp³-hybridized carbons (Fsp3) is 0.188. The van der Waals surface area contributed by atoms with Gasteiger partial charge in [-0.05, 0) is 12.5 Å². The normalized spacial score (nSPS) is 11.0. The lowest BCUT2D eigenvalue weighted by molar-refractivity contribution is 0.350. The second kappa shape index (κ2) is 4.77. The first kappa shape index (κ1) is 13.4. The molecule has 0 unspecified atom stereocenters. The van der Waals surface area contributed by atoms with Crippen LogP contribution in [0.2, 0.25) is 0 Å². The number of methoxy groups -OCH3 is 2. The molecule has 108 valence electrons. The van der Waals surface area contributed by atoms with Crippen molar-refractivity contribution in [1.82, 2.24) is 0 Å². The van der Waals surface area contributed by atoms with Crippen molar-refractivity contribution in [1.29, 1.82) is 0 Å². The van der Waals surface area contributed by atoms with E-state index in [1.165, 1.54) is 20.3 Å². The molecule has 0 bridgehead atoms. The summed E-state index contributed by atoms with van der Waals surface area (Å²) in [6.45, 7) is 1.78. The number of ether oxygens (including phenoxy) is 2. The van der Waals surface area contributed by atoms with Gasteiger partial charge >= 0.3 is 5.63 Å². The van der Waals surface area contributed by atoms with Crippen molar-refractivity contribution in [3.05, 3.63) is 46.1 Å². The molecule has 0 N–H and O–H groups in total. The summed E-state index contributed by atoms with van der Waals surface area (Å²) >= 11 is 0. The average Bonchev–Trinajstić information content (AvgIpc) is 2.46. The number of halogens is 1. The number of benzene rings is 2. The topological polar surface area (TPSA) is 48.7 Å². The molecule has 0 amide bonds. The standard InChI is InChI=1S/C16H13FO4/c1-8-5-4-6-9-12(8)16(18)21-15-13(9)10(17)7-11(19-2)14(15)20-3/h4-7H,1-3H3. The predicted molar refractivity (Wildman–Crippen MR) is 77.8 cm³/mol. The lowest BCUT2D eigenvalue weighted by Gasteiger charge is -2.12. The van der Waals surface area contributed by atoms with Crippen molar-refractivity contribution in [3.63, 3.8) is 0 Å². The van der Waals surface area contributed by atoms with Gasteiger partial charge in [0, 0.05) is 11.5 Å². The van der Waals surface area contributed by atoms with Crippen LogP contribution in [0.15, 0.2) is 33.5 Å². The third-order valence-corrected chi connectivity index (χ3v) is 3.52. The van der Waals surface area contributed by atoms with Gasteiger partial charge in [-0.15, -0.1) is 0 Å². The first-order valence-corrected chi connectivity index (χ1v) is 6.35. The summed E-state index contributed by atoms with van der Waals surface area (Å²) in [5.41, 5.74) is 0.260. The minimum absolute atomic E-state index is 0.0532. The van der Waals surface area contributed by atoms with E-state index >= 15 is 0 Å². The van der Waals surface area contributed by atoms with E-state index in [9.17, 15) is 9.18 Å². The molecule has 1 heterocycles. The van der Waals surface area contributed by atoms with Gasteiger partial charge in [0.05, 0.1) is 25.0 Å². The van der Waals surface area contributed by atoms with Gasteiger partial charge in [0.2, 0.25) is 5.75 Å². The molecule has 0 spiro atoms. The molecule has 0 saturated carbocycles. The molecular weight excluding hydrogens is 275 g/mol. The van der Waals surface area contributed by atoms with Gasteiger partial charge in [-0.2, -0.15) is 0 Å². The molecule has 0 radical (unpaired) electrons. The van der Waals surface area contributed by atoms with Crippen molar-refractivity contribution in [2.24, 2.45) is 0 Å². The van der Waals surface area contributed by atoms with Gasteiger partial charge in [-0.25, -0.2) is 9.18 Å². The second-order valence-corrected chi connectivity index (χ2v) is 4.69. The smallest absolute Gasteiger partial charge is 0.344 e. The molecule has 0 aliphatic rings. The van der Waals surface area contributed by atoms with Gasteiger partial charge in [-0.3, -0.25) is 0 Å². The zero-order valence-corrected chi connectivity index (χ0v) is 11.8. The van der Waals surface area contributed by atoms with E-state index in [4.69, 9.17) is 13.9 Å². The second-order valence-electron chi connectivity index (χ2n) is 4.69. The summed E-state index contributed by atoms with van der Waals surface area (Å²) < 4.78 is 30.0. The predicted octanol–water partition coefficient (Wildman–Crippen LogP) is 3.41. The Hall–Kier alpha value is -2.56. The summed E-state index contributed by atoms with van der Waals surface area (Å²) in [5.74, 6) is -0.144. The fourth-order valence-corrected chi connectivity index (χ4v) is 2.57. The quantitative estimate of drug-likeness (QED) is 0.535. The summed E-state index contributed by atoms with van der Waals surface area (Å²) in [5, 5.41) is 1.08. The highest BCUT2D eigenvalue weighted by Gasteiger charge is 2.20. The summed E-state index contributed by atoms with van der Waals surface area (Å²) in [4.78, 5) is 12.2. The molecule has 3 rings (SSSR count). The molecule has 0 fully saturated rings. The number of aryl methyl sites for hydroxylation is 1. The van der Waals surface area contributed by atoms with Crippen LogP contribution in [0.5, 0.6) is 11.5 Å². The first-order valence-electron chi connectivity index (χ1n) is 6.35. The zero-order chi connectivity index (χ0) is 15.1. The largest absolute Gasteiger partial charge is 0.493 e. The van der Waals surface area contributed by atoms with Crippen LogP contribution in [0, 0.1) is 12.7 Å². The van der Waals surface area contributed by atoms with Crippen molar-refractivity contribution in [2.75, 3.05) is 14.2 Å². The third kappa shape index (κ3) is 1.85.